The maximum absolute atomic E-state index is 9.47. The van der Waals surface area contributed by atoms with Crippen molar-refractivity contribution in [1.29, 1.82) is 0 Å². The van der Waals surface area contributed by atoms with Gasteiger partial charge in [0.25, 0.3) is 0 Å². The molecule has 0 aromatic heterocycles. The maximum Gasteiger partial charge on any atom is 0.0620 e. The van der Waals surface area contributed by atoms with Gasteiger partial charge in [0.2, 0.25) is 0 Å². The van der Waals surface area contributed by atoms with Crippen molar-refractivity contribution in [3.8, 4) is 0 Å². The Labute approximate surface area is 55.3 Å². The molecular formula is C7H13NO. The van der Waals surface area contributed by atoms with Crippen LogP contribution in [0.2, 0.25) is 0 Å². The highest BCUT2D eigenvalue weighted by atomic mass is 16.3. The van der Waals surface area contributed by atoms with Crippen LogP contribution in [-0.4, -0.2) is 24.3 Å². The first-order chi connectivity index (χ1) is 4.38. The number of aliphatic hydroxyl groups excluding tert-OH is 1. The lowest BCUT2D eigenvalue weighted by molar-refractivity contribution is 0.0700. The number of nitrogens with one attached hydrogen (secondary N) is 1. The van der Waals surface area contributed by atoms with Gasteiger partial charge in [-0.3, -0.25) is 0 Å². The zero-order chi connectivity index (χ0) is 6.27. The van der Waals surface area contributed by atoms with Gasteiger partial charge in [-0.2, -0.15) is 0 Å². The molecule has 2 unspecified atom stereocenters. The molecule has 9 heavy (non-hydrogen) atoms. The average Bonchev–Trinajstić information content (AvgIpc) is 2.19. The monoisotopic (exact) mass is 127 g/mol. The molecule has 0 amide bonds. The summed E-state index contributed by atoms with van der Waals surface area (Å²) in [5.41, 5.74) is 0. The second-order valence-corrected chi connectivity index (χ2v) is 3.25. The van der Waals surface area contributed by atoms with Crippen molar-refractivity contribution < 1.29 is 5.11 Å². The van der Waals surface area contributed by atoms with E-state index < -0.39 is 0 Å². The van der Waals surface area contributed by atoms with Crippen LogP contribution < -0.4 is 5.32 Å². The average molecular weight is 127 g/mol. The molecular weight excluding hydrogens is 114 g/mol. The first kappa shape index (κ1) is 5.69. The summed E-state index contributed by atoms with van der Waals surface area (Å²) in [4.78, 5) is 0. The van der Waals surface area contributed by atoms with Gasteiger partial charge in [0.1, 0.15) is 0 Å². The maximum atomic E-state index is 9.47. The first-order valence-electron chi connectivity index (χ1n) is 3.76. The molecule has 2 aliphatic rings. The molecule has 0 radical (unpaired) electrons. The van der Waals surface area contributed by atoms with Crippen LogP contribution in [0.1, 0.15) is 12.8 Å². The minimum atomic E-state index is 0.0197. The molecule has 2 nitrogen and oxygen atoms in total. The Hall–Kier alpha value is -0.0800. The summed E-state index contributed by atoms with van der Waals surface area (Å²) in [5.74, 6) is 1.15. The first-order valence-corrected chi connectivity index (χ1v) is 3.76. The van der Waals surface area contributed by atoms with E-state index in [-0.39, 0.29) is 6.10 Å². The van der Waals surface area contributed by atoms with Crippen molar-refractivity contribution >= 4 is 0 Å². The van der Waals surface area contributed by atoms with Crippen molar-refractivity contribution in [2.75, 3.05) is 13.1 Å². The SMILES string of the molecule is OC1C2CC[C@H]1CNC2. The van der Waals surface area contributed by atoms with E-state index in [1.807, 2.05) is 0 Å². The Balaban J connectivity index is 2.10. The lowest BCUT2D eigenvalue weighted by Gasteiger charge is -2.25. The lowest BCUT2D eigenvalue weighted by Crippen LogP contribution is -2.41. The molecule has 0 aromatic rings. The highest BCUT2D eigenvalue weighted by molar-refractivity contribution is 4.90. The van der Waals surface area contributed by atoms with Gasteiger partial charge in [-0.1, -0.05) is 0 Å². The fourth-order valence-corrected chi connectivity index (χ4v) is 2.05. The summed E-state index contributed by atoms with van der Waals surface area (Å²) in [6.07, 6.45) is 2.49. The molecule has 1 heterocycles. The number of rotatable bonds is 0. The van der Waals surface area contributed by atoms with E-state index in [1.165, 1.54) is 12.8 Å². The fraction of sp³-hybridized carbons (Fsp3) is 1.00. The largest absolute Gasteiger partial charge is 0.392 e. The van der Waals surface area contributed by atoms with Gasteiger partial charge in [0.05, 0.1) is 6.10 Å². The molecule has 52 valence electrons. The Morgan fingerprint density at radius 3 is 2.11 bits per heavy atom. The van der Waals surface area contributed by atoms with Crippen LogP contribution in [0, 0.1) is 11.8 Å². The van der Waals surface area contributed by atoms with Gasteiger partial charge in [-0.05, 0) is 24.7 Å². The van der Waals surface area contributed by atoms with Crippen LogP contribution in [0.3, 0.4) is 0 Å². The Morgan fingerprint density at radius 2 is 1.67 bits per heavy atom. The van der Waals surface area contributed by atoms with Crippen molar-refractivity contribution in [2.45, 2.75) is 18.9 Å². The van der Waals surface area contributed by atoms with Gasteiger partial charge >= 0.3 is 0 Å². The molecule has 1 saturated carbocycles. The van der Waals surface area contributed by atoms with Crippen molar-refractivity contribution in [1.82, 2.24) is 5.32 Å². The summed E-state index contributed by atoms with van der Waals surface area (Å²) < 4.78 is 0. The summed E-state index contributed by atoms with van der Waals surface area (Å²) in [7, 11) is 0. The van der Waals surface area contributed by atoms with Crippen LogP contribution >= 0.6 is 0 Å². The molecule has 1 saturated heterocycles. The summed E-state index contributed by atoms with van der Waals surface area (Å²) in [5, 5.41) is 12.8. The Kier molecular flexibility index (Phi) is 1.24. The van der Waals surface area contributed by atoms with E-state index in [0.29, 0.717) is 11.8 Å². The molecule has 2 bridgehead atoms. The van der Waals surface area contributed by atoms with Gasteiger partial charge < -0.3 is 10.4 Å². The molecule has 0 aromatic carbocycles. The molecule has 1 aliphatic heterocycles. The standard InChI is InChI=1S/C7H13NO/c9-7-5-1-2-6(7)4-8-3-5/h5-9H,1-4H2/t5-,6?,7?/m0/s1. The molecule has 0 spiro atoms. The van der Waals surface area contributed by atoms with Crippen LogP contribution in [0.5, 0.6) is 0 Å². The Bertz CT molecular complexity index is 99.5. The van der Waals surface area contributed by atoms with E-state index in [9.17, 15) is 5.11 Å². The quantitative estimate of drug-likeness (QED) is 0.479. The van der Waals surface area contributed by atoms with Crippen molar-refractivity contribution in [3.05, 3.63) is 0 Å². The molecule has 3 atom stereocenters. The third-order valence-corrected chi connectivity index (χ3v) is 2.69. The smallest absolute Gasteiger partial charge is 0.0620 e. The highest BCUT2D eigenvalue weighted by Crippen LogP contribution is 2.32. The highest BCUT2D eigenvalue weighted by Gasteiger charge is 2.37. The van der Waals surface area contributed by atoms with Crippen molar-refractivity contribution in [3.63, 3.8) is 0 Å². The molecule has 2 N–H and O–H groups in total. The molecule has 2 rings (SSSR count). The zero-order valence-electron chi connectivity index (χ0n) is 5.51. The van der Waals surface area contributed by atoms with Crippen LogP contribution in [-0.2, 0) is 0 Å². The van der Waals surface area contributed by atoms with E-state index in [2.05, 4.69) is 5.32 Å². The number of aliphatic hydroxyl groups is 1. The lowest BCUT2D eigenvalue weighted by atomic mass is 9.97. The molecule has 1 aliphatic carbocycles. The number of fused-ring (bicyclic) bond motifs is 2. The summed E-state index contributed by atoms with van der Waals surface area (Å²) in [6.45, 7) is 2.08. The van der Waals surface area contributed by atoms with E-state index >= 15 is 0 Å². The second kappa shape index (κ2) is 1.96. The molecule has 2 heteroatoms. The second-order valence-electron chi connectivity index (χ2n) is 3.25. The van der Waals surface area contributed by atoms with Gasteiger partial charge in [-0.15, -0.1) is 0 Å². The van der Waals surface area contributed by atoms with E-state index in [1.54, 1.807) is 0 Å². The normalized spacial score (nSPS) is 49.7. The third kappa shape index (κ3) is 0.775. The van der Waals surface area contributed by atoms with Crippen LogP contribution in [0.15, 0.2) is 0 Å². The number of hydrogen-bond donors (Lipinski definition) is 2. The number of piperidine rings is 1. The topological polar surface area (TPSA) is 32.3 Å². The van der Waals surface area contributed by atoms with Crippen molar-refractivity contribution in [2.24, 2.45) is 11.8 Å². The minimum Gasteiger partial charge on any atom is -0.392 e. The van der Waals surface area contributed by atoms with Crippen LogP contribution in [0.25, 0.3) is 0 Å². The van der Waals surface area contributed by atoms with Gasteiger partial charge in [-0.25, -0.2) is 0 Å². The van der Waals surface area contributed by atoms with Gasteiger partial charge in [0.15, 0.2) is 0 Å². The fourth-order valence-electron chi connectivity index (χ4n) is 2.05. The third-order valence-electron chi connectivity index (χ3n) is 2.69. The van der Waals surface area contributed by atoms with Crippen LogP contribution in [0.4, 0.5) is 0 Å². The summed E-state index contributed by atoms with van der Waals surface area (Å²) in [6, 6.07) is 0. The predicted octanol–water partition coefficient (Wildman–Crippen LogP) is -0.0233. The molecule has 2 fully saturated rings. The minimum absolute atomic E-state index is 0.0197. The van der Waals surface area contributed by atoms with E-state index in [4.69, 9.17) is 0 Å². The predicted molar refractivity (Wildman–Crippen MR) is 35.1 cm³/mol. The van der Waals surface area contributed by atoms with E-state index in [0.717, 1.165) is 13.1 Å². The Morgan fingerprint density at radius 1 is 1.11 bits per heavy atom. The zero-order valence-corrected chi connectivity index (χ0v) is 5.51. The van der Waals surface area contributed by atoms with Gasteiger partial charge in [0, 0.05) is 13.1 Å². The number of hydrogen-bond acceptors (Lipinski definition) is 2. The summed E-state index contributed by atoms with van der Waals surface area (Å²) >= 11 is 0.